The SMILES string of the molecule is CNCCn1cnc2c(N)ncnc21.Cl. The van der Waals surface area contributed by atoms with E-state index in [-0.39, 0.29) is 12.4 Å². The molecular formula is C8H13ClN6. The first-order valence-corrected chi connectivity index (χ1v) is 4.39. The number of halogens is 1. The van der Waals surface area contributed by atoms with Crippen molar-refractivity contribution in [2.45, 2.75) is 6.54 Å². The first-order valence-electron chi connectivity index (χ1n) is 4.39. The van der Waals surface area contributed by atoms with Gasteiger partial charge in [-0.25, -0.2) is 15.0 Å². The fraction of sp³-hybridized carbons (Fsp3) is 0.375. The van der Waals surface area contributed by atoms with Gasteiger partial charge in [0.15, 0.2) is 11.5 Å². The van der Waals surface area contributed by atoms with E-state index in [9.17, 15) is 0 Å². The van der Waals surface area contributed by atoms with Gasteiger partial charge in [0, 0.05) is 13.1 Å². The lowest BCUT2D eigenvalue weighted by Crippen LogP contribution is -2.14. The van der Waals surface area contributed by atoms with Crippen molar-refractivity contribution in [3.63, 3.8) is 0 Å². The summed E-state index contributed by atoms with van der Waals surface area (Å²) in [6.45, 7) is 1.69. The van der Waals surface area contributed by atoms with Gasteiger partial charge in [-0.05, 0) is 7.05 Å². The van der Waals surface area contributed by atoms with E-state index >= 15 is 0 Å². The Labute approximate surface area is 93.3 Å². The van der Waals surface area contributed by atoms with Gasteiger partial charge < -0.3 is 15.6 Å². The van der Waals surface area contributed by atoms with Crippen LogP contribution >= 0.6 is 12.4 Å². The largest absolute Gasteiger partial charge is 0.382 e. The molecular weight excluding hydrogens is 216 g/mol. The van der Waals surface area contributed by atoms with Gasteiger partial charge in [-0.2, -0.15) is 0 Å². The highest BCUT2D eigenvalue weighted by Crippen LogP contribution is 2.13. The first kappa shape index (κ1) is 11.7. The van der Waals surface area contributed by atoms with Crippen LogP contribution in [0.2, 0.25) is 0 Å². The van der Waals surface area contributed by atoms with Crippen LogP contribution < -0.4 is 11.1 Å². The van der Waals surface area contributed by atoms with Gasteiger partial charge in [-0.3, -0.25) is 0 Å². The molecule has 7 heteroatoms. The van der Waals surface area contributed by atoms with E-state index in [1.54, 1.807) is 6.33 Å². The Morgan fingerprint density at radius 3 is 2.93 bits per heavy atom. The third-order valence-electron chi connectivity index (χ3n) is 2.03. The van der Waals surface area contributed by atoms with E-state index in [0.717, 1.165) is 18.7 Å². The van der Waals surface area contributed by atoms with Gasteiger partial charge in [0.25, 0.3) is 0 Å². The average Bonchev–Trinajstić information content (AvgIpc) is 2.60. The van der Waals surface area contributed by atoms with Crippen molar-refractivity contribution in [1.29, 1.82) is 0 Å². The molecule has 82 valence electrons. The summed E-state index contributed by atoms with van der Waals surface area (Å²) in [5.74, 6) is 0.429. The molecule has 0 atom stereocenters. The first-order chi connectivity index (χ1) is 6.83. The minimum absolute atomic E-state index is 0. The highest BCUT2D eigenvalue weighted by atomic mass is 35.5. The van der Waals surface area contributed by atoms with Gasteiger partial charge >= 0.3 is 0 Å². The fourth-order valence-corrected chi connectivity index (χ4v) is 1.29. The maximum Gasteiger partial charge on any atom is 0.165 e. The van der Waals surface area contributed by atoms with Gasteiger partial charge in [-0.15, -0.1) is 12.4 Å². The topological polar surface area (TPSA) is 81.7 Å². The quantitative estimate of drug-likeness (QED) is 0.776. The van der Waals surface area contributed by atoms with E-state index < -0.39 is 0 Å². The molecule has 0 bridgehead atoms. The number of anilines is 1. The van der Waals surface area contributed by atoms with Crippen LogP contribution in [0.25, 0.3) is 11.2 Å². The molecule has 2 aromatic rings. The zero-order valence-corrected chi connectivity index (χ0v) is 9.16. The number of imidazole rings is 1. The molecule has 0 aromatic carbocycles. The van der Waals surface area contributed by atoms with Crippen molar-refractivity contribution < 1.29 is 0 Å². The zero-order chi connectivity index (χ0) is 9.97. The molecule has 2 aromatic heterocycles. The summed E-state index contributed by atoms with van der Waals surface area (Å²) in [4.78, 5) is 12.2. The molecule has 0 radical (unpaired) electrons. The minimum Gasteiger partial charge on any atom is -0.382 e. The number of hydrogen-bond acceptors (Lipinski definition) is 5. The van der Waals surface area contributed by atoms with Crippen LogP contribution in [0.3, 0.4) is 0 Å². The number of likely N-dealkylation sites (N-methyl/N-ethyl adjacent to an activating group) is 1. The lowest BCUT2D eigenvalue weighted by atomic mass is 10.5. The Bertz CT molecular complexity index is 440. The summed E-state index contributed by atoms with van der Waals surface area (Å²) in [6.07, 6.45) is 3.18. The molecule has 0 saturated heterocycles. The van der Waals surface area contributed by atoms with E-state index in [1.165, 1.54) is 6.33 Å². The van der Waals surface area contributed by atoms with Crippen LogP contribution in [0.4, 0.5) is 5.82 Å². The Balaban J connectivity index is 0.00000112. The van der Waals surface area contributed by atoms with E-state index in [0.29, 0.717) is 11.3 Å². The summed E-state index contributed by atoms with van der Waals surface area (Å²) < 4.78 is 1.95. The van der Waals surface area contributed by atoms with E-state index in [1.807, 2.05) is 11.6 Å². The Kier molecular flexibility index (Phi) is 3.81. The lowest BCUT2D eigenvalue weighted by Gasteiger charge is -2.01. The number of fused-ring (bicyclic) bond motifs is 1. The highest BCUT2D eigenvalue weighted by Gasteiger charge is 2.06. The molecule has 3 N–H and O–H groups in total. The molecule has 0 amide bonds. The summed E-state index contributed by atoms with van der Waals surface area (Å²) in [7, 11) is 1.91. The van der Waals surface area contributed by atoms with Gasteiger partial charge in [-0.1, -0.05) is 0 Å². The van der Waals surface area contributed by atoms with Crippen LogP contribution in [-0.4, -0.2) is 33.1 Å². The van der Waals surface area contributed by atoms with Crippen molar-refractivity contribution in [3.8, 4) is 0 Å². The number of aromatic nitrogens is 4. The summed E-state index contributed by atoms with van der Waals surface area (Å²) in [6, 6.07) is 0. The van der Waals surface area contributed by atoms with Crippen molar-refractivity contribution in [2.75, 3.05) is 19.3 Å². The predicted octanol–water partition coefficient (Wildman–Crippen LogP) is 0.0497. The van der Waals surface area contributed by atoms with E-state index in [4.69, 9.17) is 5.73 Å². The molecule has 0 spiro atoms. The van der Waals surface area contributed by atoms with Crippen molar-refractivity contribution >= 4 is 29.4 Å². The van der Waals surface area contributed by atoms with Crippen LogP contribution in [0.15, 0.2) is 12.7 Å². The van der Waals surface area contributed by atoms with Crippen LogP contribution in [0.5, 0.6) is 0 Å². The van der Waals surface area contributed by atoms with Crippen LogP contribution in [-0.2, 0) is 6.54 Å². The molecule has 0 unspecified atom stereocenters. The molecule has 0 saturated carbocycles. The molecule has 2 heterocycles. The number of nitrogens with zero attached hydrogens (tertiary/aromatic N) is 4. The van der Waals surface area contributed by atoms with Gasteiger partial charge in [0.05, 0.1) is 6.33 Å². The monoisotopic (exact) mass is 228 g/mol. The molecule has 2 rings (SSSR count). The Morgan fingerprint density at radius 2 is 2.20 bits per heavy atom. The lowest BCUT2D eigenvalue weighted by molar-refractivity contribution is 0.654. The smallest absolute Gasteiger partial charge is 0.165 e. The molecule has 6 nitrogen and oxygen atoms in total. The number of nitrogens with one attached hydrogen (secondary N) is 1. The van der Waals surface area contributed by atoms with Crippen molar-refractivity contribution in [3.05, 3.63) is 12.7 Å². The van der Waals surface area contributed by atoms with Crippen LogP contribution in [0, 0.1) is 0 Å². The third-order valence-corrected chi connectivity index (χ3v) is 2.03. The zero-order valence-electron chi connectivity index (χ0n) is 8.34. The molecule has 0 fully saturated rings. The maximum absolute atomic E-state index is 5.66. The number of nitrogens with two attached hydrogens (primary N) is 1. The summed E-state index contributed by atoms with van der Waals surface area (Å²) in [5, 5.41) is 3.06. The second-order valence-electron chi connectivity index (χ2n) is 2.97. The van der Waals surface area contributed by atoms with Gasteiger partial charge in [0.1, 0.15) is 11.8 Å². The highest BCUT2D eigenvalue weighted by molar-refractivity contribution is 5.85. The summed E-state index contributed by atoms with van der Waals surface area (Å²) in [5.41, 5.74) is 7.11. The number of hydrogen-bond donors (Lipinski definition) is 2. The molecule has 0 aliphatic heterocycles. The molecule has 0 aliphatic rings. The number of nitrogen functional groups attached to an aromatic ring is 1. The normalized spacial score (nSPS) is 10.2. The van der Waals surface area contributed by atoms with Crippen LogP contribution in [0.1, 0.15) is 0 Å². The predicted molar refractivity (Wildman–Crippen MR) is 60.9 cm³/mol. The standard InChI is InChI=1S/C8H12N6.ClH/c1-10-2-3-14-5-13-6-7(9)11-4-12-8(6)14;/h4-5,10H,2-3H2,1H3,(H2,9,11,12);1H. The van der Waals surface area contributed by atoms with Crippen molar-refractivity contribution in [1.82, 2.24) is 24.8 Å². The van der Waals surface area contributed by atoms with E-state index in [2.05, 4.69) is 20.3 Å². The minimum atomic E-state index is 0. The fourth-order valence-electron chi connectivity index (χ4n) is 1.29. The third kappa shape index (κ3) is 2.16. The second kappa shape index (κ2) is 4.90. The van der Waals surface area contributed by atoms with Crippen molar-refractivity contribution in [2.24, 2.45) is 0 Å². The Hall–Kier alpha value is -1.40. The number of rotatable bonds is 3. The maximum atomic E-state index is 5.66. The van der Waals surface area contributed by atoms with Gasteiger partial charge in [0.2, 0.25) is 0 Å². The second-order valence-corrected chi connectivity index (χ2v) is 2.97. The molecule has 15 heavy (non-hydrogen) atoms. The molecule has 0 aliphatic carbocycles. The Morgan fingerprint density at radius 1 is 1.40 bits per heavy atom. The summed E-state index contributed by atoms with van der Waals surface area (Å²) >= 11 is 0. The average molecular weight is 229 g/mol.